The van der Waals surface area contributed by atoms with E-state index in [2.05, 4.69) is 19.1 Å². The Hall–Kier alpha value is -0.850. The van der Waals surface area contributed by atoms with Crippen molar-refractivity contribution in [3.05, 3.63) is 35.4 Å². The minimum Gasteiger partial charge on any atom is -0.246 e. The summed E-state index contributed by atoms with van der Waals surface area (Å²) in [6.45, 7) is 1.99. The van der Waals surface area contributed by atoms with Gasteiger partial charge in [-0.3, -0.25) is 0 Å². The van der Waals surface area contributed by atoms with E-state index in [0.717, 1.165) is 41.1 Å². The highest BCUT2D eigenvalue weighted by Crippen LogP contribution is 2.46. The molecule has 0 amide bonds. The molecule has 0 aliphatic heterocycles. The predicted octanol–water partition coefficient (Wildman–Crippen LogP) is 10.1. The lowest BCUT2D eigenvalue weighted by atomic mass is 9.64. The van der Waals surface area contributed by atoms with Crippen molar-refractivity contribution in [2.24, 2.45) is 35.5 Å². The van der Waals surface area contributed by atoms with Crippen LogP contribution in [0.15, 0.2) is 24.3 Å². The summed E-state index contributed by atoms with van der Waals surface area (Å²) < 4.78 is 12.7. The summed E-state index contributed by atoms with van der Waals surface area (Å²) in [5.74, 6) is 6.20. The van der Waals surface area contributed by atoms with Crippen LogP contribution in [0.3, 0.4) is 0 Å². The van der Waals surface area contributed by atoms with Gasteiger partial charge in [-0.25, -0.2) is 4.39 Å². The van der Waals surface area contributed by atoms with Gasteiger partial charge < -0.3 is 0 Å². The van der Waals surface area contributed by atoms with E-state index in [0.29, 0.717) is 0 Å². The summed E-state index contributed by atoms with van der Waals surface area (Å²) in [5.41, 5.74) is 2.20. The molecule has 3 fully saturated rings. The van der Waals surface area contributed by atoms with Crippen LogP contribution in [0.4, 0.5) is 4.39 Å². The summed E-state index contributed by atoms with van der Waals surface area (Å²) in [4.78, 5) is 0. The molecule has 1 aromatic carbocycles. The molecule has 4 rings (SSSR count). The van der Waals surface area contributed by atoms with E-state index >= 15 is 0 Å². The van der Waals surface area contributed by atoms with Crippen molar-refractivity contribution in [2.75, 3.05) is 0 Å². The first kappa shape index (κ1) is 25.2. The minimum atomic E-state index is -0.341. The molecule has 0 aromatic heterocycles. The van der Waals surface area contributed by atoms with Crippen molar-refractivity contribution in [2.45, 2.75) is 129 Å². The van der Waals surface area contributed by atoms with Gasteiger partial charge in [-0.15, -0.1) is 0 Å². The fraction of sp³-hybridized carbons (Fsp3) is 0.812. The third kappa shape index (κ3) is 7.57. The maximum Gasteiger partial charge on any atom is 0.115 e. The topological polar surface area (TPSA) is 0 Å². The fourth-order valence-corrected chi connectivity index (χ4v) is 7.83. The largest absolute Gasteiger partial charge is 0.246 e. The molecule has 0 N–H and O–H groups in total. The number of alkyl halides is 1. The summed E-state index contributed by atoms with van der Waals surface area (Å²) >= 11 is 0. The van der Waals surface area contributed by atoms with Crippen LogP contribution < -0.4 is 0 Å². The molecule has 3 aliphatic rings. The molecule has 3 aliphatic carbocycles. The molecule has 1 aromatic rings. The van der Waals surface area contributed by atoms with Crippen LogP contribution in [0, 0.1) is 35.5 Å². The quantitative estimate of drug-likeness (QED) is 0.308. The highest BCUT2D eigenvalue weighted by atomic mass is 19.1. The van der Waals surface area contributed by atoms with E-state index < -0.39 is 0 Å². The SMILES string of the molecule is CCCCC[C@H]1CC[C@H]([C@H]2CC[C@H]([C@H]3CC[C@H](CCc4ccc(CF)cc4)CC3)CC2)CC1. The molecule has 33 heavy (non-hydrogen) atoms. The average molecular weight is 455 g/mol. The second-order valence-corrected chi connectivity index (χ2v) is 12.2. The van der Waals surface area contributed by atoms with Crippen LogP contribution in [0.1, 0.15) is 127 Å². The molecule has 0 heterocycles. The van der Waals surface area contributed by atoms with Gasteiger partial charge in [0.05, 0.1) is 0 Å². The van der Waals surface area contributed by atoms with Crippen LogP contribution in [-0.4, -0.2) is 0 Å². The van der Waals surface area contributed by atoms with Gasteiger partial charge in [-0.05, 0) is 111 Å². The van der Waals surface area contributed by atoms with E-state index in [1.807, 2.05) is 12.1 Å². The van der Waals surface area contributed by atoms with E-state index in [1.54, 1.807) is 25.7 Å². The Morgan fingerprint density at radius 2 is 1.00 bits per heavy atom. The van der Waals surface area contributed by atoms with Gasteiger partial charge in [-0.2, -0.15) is 0 Å². The van der Waals surface area contributed by atoms with Crippen molar-refractivity contribution < 1.29 is 4.39 Å². The summed E-state index contributed by atoms with van der Waals surface area (Å²) in [6, 6.07) is 8.19. The van der Waals surface area contributed by atoms with Gasteiger partial charge >= 0.3 is 0 Å². The van der Waals surface area contributed by atoms with Crippen molar-refractivity contribution in [3.8, 4) is 0 Å². The molecule has 0 unspecified atom stereocenters. The number of hydrogen-bond acceptors (Lipinski definition) is 0. The van der Waals surface area contributed by atoms with E-state index in [-0.39, 0.29) is 6.67 Å². The lowest BCUT2D eigenvalue weighted by Gasteiger charge is -2.41. The standard InChI is InChI=1S/C32H51F/c1-2-3-4-5-25-12-16-29(17-13-25)31-20-22-32(23-21-31)30-18-14-27(15-19-30)7-6-26-8-10-28(24-33)11-9-26/h8-11,25,27,29-32H,2-7,12-24H2,1H3/t25-,27-,29-,30-,31-,32-. The van der Waals surface area contributed by atoms with Crippen LogP contribution in [0.5, 0.6) is 0 Å². The summed E-state index contributed by atoms with van der Waals surface area (Å²) in [5, 5.41) is 0. The zero-order valence-corrected chi connectivity index (χ0v) is 21.6. The van der Waals surface area contributed by atoms with Gasteiger partial charge in [0.1, 0.15) is 6.67 Å². The third-order valence-electron chi connectivity index (χ3n) is 10.2. The normalized spacial score (nSPS) is 33.2. The van der Waals surface area contributed by atoms with Crippen molar-refractivity contribution in [1.29, 1.82) is 0 Å². The van der Waals surface area contributed by atoms with Gasteiger partial charge in [0, 0.05) is 0 Å². The monoisotopic (exact) mass is 454 g/mol. The van der Waals surface area contributed by atoms with Gasteiger partial charge in [0.15, 0.2) is 0 Å². The predicted molar refractivity (Wildman–Crippen MR) is 140 cm³/mol. The minimum absolute atomic E-state index is 0.341. The van der Waals surface area contributed by atoms with Crippen molar-refractivity contribution >= 4 is 0 Å². The molecule has 3 saturated carbocycles. The average Bonchev–Trinajstić information content (AvgIpc) is 2.89. The van der Waals surface area contributed by atoms with Crippen molar-refractivity contribution in [3.63, 3.8) is 0 Å². The lowest BCUT2D eigenvalue weighted by molar-refractivity contribution is 0.102. The number of rotatable bonds is 10. The molecule has 0 bridgehead atoms. The Kier molecular flexibility index (Phi) is 10.2. The third-order valence-corrected chi connectivity index (χ3v) is 10.2. The summed E-state index contributed by atoms with van der Waals surface area (Å²) in [7, 11) is 0. The molecule has 186 valence electrons. The maximum atomic E-state index is 12.7. The molecular weight excluding hydrogens is 403 g/mol. The molecule has 0 atom stereocenters. The van der Waals surface area contributed by atoms with E-state index in [4.69, 9.17) is 0 Å². The Morgan fingerprint density at radius 1 is 0.576 bits per heavy atom. The second kappa shape index (κ2) is 13.3. The zero-order valence-electron chi connectivity index (χ0n) is 21.6. The summed E-state index contributed by atoms with van der Waals surface area (Å²) in [6.07, 6.45) is 26.6. The van der Waals surface area contributed by atoms with Crippen LogP contribution in [0.2, 0.25) is 0 Å². The second-order valence-electron chi connectivity index (χ2n) is 12.2. The number of benzene rings is 1. The molecule has 1 heteroatoms. The van der Waals surface area contributed by atoms with Gasteiger partial charge in [0.2, 0.25) is 0 Å². The van der Waals surface area contributed by atoms with Gasteiger partial charge in [0.25, 0.3) is 0 Å². The smallest absolute Gasteiger partial charge is 0.115 e. The fourth-order valence-electron chi connectivity index (χ4n) is 7.83. The van der Waals surface area contributed by atoms with Gasteiger partial charge in [-0.1, -0.05) is 82.6 Å². The van der Waals surface area contributed by atoms with Crippen LogP contribution in [0.25, 0.3) is 0 Å². The Bertz CT molecular complexity index is 640. The highest BCUT2D eigenvalue weighted by molar-refractivity contribution is 5.22. The molecule has 0 saturated heterocycles. The first-order chi connectivity index (χ1) is 16.2. The highest BCUT2D eigenvalue weighted by Gasteiger charge is 2.34. The molecule has 0 nitrogen and oxygen atoms in total. The number of halogens is 1. The Morgan fingerprint density at radius 3 is 1.45 bits per heavy atom. The molecular formula is C32H51F. The first-order valence-corrected chi connectivity index (χ1v) is 14.9. The molecule has 0 radical (unpaired) electrons. The lowest BCUT2D eigenvalue weighted by Crippen LogP contribution is -2.29. The Labute approximate surface area is 204 Å². The Balaban J connectivity index is 1.10. The van der Waals surface area contributed by atoms with Crippen LogP contribution in [-0.2, 0) is 13.1 Å². The van der Waals surface area contributed by atoms with E-state index in [9.17, 15) is 4.39 Å². The number of unbranched alkanes of at least 4 members (excludes halogenated alkanes) is 2. The number of aryl methyl sites for hydroxylation is 1. The van der Waals surface area contributed by atoms with E-state index in [1.165, 1.54) is 95.5 Å². The first-order valence-electron chi connectivity index (χ1n) is 14.9. The van der Waals surface area contributed by atoms with Crippen molar-refractivity contribution in [1.82, 2.24) is 0 Å². The molecule has 0 spiro atoms. The van der Waals surface area contributed by atoms with Crippen LogP contribution >= 0.6 is 0 Å². The maximum absolute atomic E-state index is 12.7. The number of hydrogen-bond donors (Lipinski definition) is 0. The zero-order chi connectivity index (χ0) is 22.9.